The number of aryl methyl sites for hydroxylation is 1. The van der Waals surface area contributed by atoms with Crippen LogP contribution in [0.4, 0.5) is 0 Å². The largest absolute Gasteiger partial charge is 0.392 e. The molecule has 1 atom stereocenters. The van der Waals surface area contributed by atoms with E-state index in [-0.39, 0.29) is 10.7 Å². The van der Waals surface area contributed by atoms with Gasteiger partial charge in [0.2, 0.25) is 10.0 Å². The van der Waals surface area contributed by atoms with Gasteiger partial charge in [-0.1, -0.05) is 18.3 Å². The van der Waals surface area contributed by atoms with E-state index in [4.69, 9.17) is 18.0 Å². The van der Waals surface area contributed by atoms with Crippen LogP contribution in [0.1, 0.15) is 12.6 Å². The van der Waals surface area contributed by atoms with Crippen LogP contribution in [0, 0.1) is 0 Å². The zero-order valence-corrected chi connectivity index (χ0v) is 12.0. The Balaban J connectivity index is 2.68. The first-order valence-electron chi connectivity index (χ1n) is 5.49. The van der Waals surface area contributed by atoms with Crippen molar-refractivity contribution in [2.75, 3.05) is 12.8 Å². The highest BCUT2D eigenvalue weighted by Crippen LogP contribution is 2.07. The van der Waals surface area contributed by atoms with Crippen LogP contribution in [0.5, 0.6) is 0 Å². The third-order valence-corrected chi connectivity index (χ3v) is 4.99. The molecule has 0 aliphatic rings. The molecule has 0 aliphatic heterocycles. The van der Waals surface area contributed by atoms with Crippen LogP contribution in [0.3, 0.4) is 0 Å². The zero-order valence-electron chi connectivity index (χ0n) is 10.4. The molecule has 1 aromatic rings. The van der Waals surface area contributed by atoms with E-state index in [1.807, 2.05) is 6.07 Å². The van der Waals surface area contributed by atoms with E-state index in [9.17, 15) is 8.42 Å². The number of nitrogens with two attached hydrogens (primary N) is 1. The predicted molar refractivity (Wildman–Crippen MR) is 75.7 cm³/mol. The number of nitrogens with zero attached hydrogens (tertiary/aromatic N) is 2. The average Bonchev–Trinajstić information content (AvgIpc) is 2.35. The van der Waals surface area contributed by atoms with Gasteiger partial charge in [-0.25, -0.2) is 8.42 Å². The Bertz CT molecular complexity index is 502. The van der Waals surface area contributed by atoms with Crippen LogP contribution < -0.4 is 5.73 Å². The minimum atomic E-state index is -3.38. The van der Waals surface area contributed by atoms with Crippen molar-refractivity contribution in [3.8, 4) is 0 Å². The molecule has 0 radical (unpaired) electrons. The monoisotopic (exact) mass is 287 g/mol. The summed E-state index contributed by atoms with van der Waals surface area (Å²) in [7, 11) is -1.89. The minimum absolute atomic E-state index is 0.00648. The maximum absolute atomic E-state index is 12.0. The third-order valence-electron chi connectivity index (χ3n) is 2.74. The topological polar surface area (TPSA) is 76.3 Å². The maximum atomic E-state index is 12.0. The first kappa shape index (κ1) is 15.0. The van der Waals surface area contributed by atoms with Crippen molar-refractivity contribution in [1.29, 1.82) is 0 Å². The van der Waals surface area contributed by atoms with Crippen LogP contribution in [0.15, 0.2) is 24.4 Å². The normalized spacial score (nSPS) is 13.5. The van der Waals surface area contributed by atoms with Crippen LogP contribution in [0.2, 0.25) is 0 Å². The van der Waals surface area contributed by atoms with Gasteiger partial charge in [0, 0.05) is 25.4 Å². The molecule has 0 spiro atoms. The molecule has 5 nitrogen and oxygen atoms in total. The standard InChI is InChI=1S/C11H17N3O2S2/c1-9(11(12)17)14(2)18(15,16)8-6-10-5-3-4-7-13-10/h3-5,7,9H,6,8H2,1-2H3,(H2,12,17). The quantitative estimate of drug-likeness (QED) is 0.774. The van der Waals surface area contributed by atoms with Crippen molar-refractivity contribution in [2.45, 2.75) is 19.4 Å². The summed E-state index contributed by atoms with van der Waals surface area (Å²) >= 11 is 4.80. The summed E-state index contributed by atoms with van der Waals surface area (Å²) in [6, 6.07) is 4.94. The van der Waals surface area contributed by atoms with Crippen molar-refractivity contribution in [3.05, 3.63) is 30.1 Å². The Morgan fingerprint density at radius 1 is 1.56 bits per heavy atom. The number of sulfonamides is 1. The van der Waals surface area contributed by atoms with Crippen LogP contribution in [-0.4, -0.2) is 41.5 Å². The van der Waals surface area contributed by atoms with Gasteiger partial charge in [-0.2, -0.15) is 4.31 Å². The summed E-state index contributed by atoms with van der Waals surface area (Å²) in [5.74, 6) is -0.00648. The van der Waals surface area contributed by atoms with Gasteiger partial charge in [-0.3, -0.25) is 4.98 Å². The number of likely N-dealkylation sites (N-methyl/N-ethyl adjacent to an activating group) is 1. The molecule has 18 heavy (non-hydrogen) atoms. The Hall–Kier alpha value is -1.05. The predicted octanol–water partition coefficient (Wildman–Crippen LogP) is 0.560. The van der Waals surface area contributed by atoms with Gasteiger partial charge in [-0.05, 0) is 19.1 Å². The van der Waals surface area contributed by atoms with Gasteiger partial charge in [0.25, 0.3) is 0 Å². The zero-order chi connectivity index (χ0) is 13.8. The SMILES string of the molecule is CC(C(N)=S)N(C)S(=O)(=O)CCc1ccccn1. The molecule has 0 fully saturated rings. The van der Waals surface area contributed by atoms with Crippen LogP contribution >= 0.6 is 12.2 Å². The van der Waals surface area contributed by atoms with E-state index >= 15 is 0 Å². The lowest BCUT2D eigenvalue weighted by Crippen LogP contribution is -2.43. The molecule has 7 heteroatoms. The number of hydrogen-bond donors (Lipinski definition) is 1. The van der Waals surface area contributed by atoms with E-state index in [1.165, 1.54) is 11.4 Å². The van der Waals surface area contributed by atoms with Gasteiger partial charge in [0.15, 0.2) is 0 Å². The summed E-state index contributed by atoms with van der Waals surface area (Å²) in [6.45, 7) is 1.67. The number of thiocarbonyl (C=S) groups is 1. The Morgan fingerprint density at radius 3 is 2.72 bits per heavy atom. The van der Waals surface area contributed by atoms with Crippen molar-refractivity contribution >= 4 is 27.2 Å². The van der Waals surface area contributed by atoms with Crippen molar-refractivity contribution in [3.63, 3.8) is 0 Å². The molecule has 1 rings (SSSR count). The van der Waals surface area contributed by atoms with Gasteiger partial charge in [0.1, 0.15) is 0 Å². The number of hydrogen-bond acceptors (Lipinski definition) is 4. The molecule has 0 saturated carbocycles. The fourth-order valence-electron chi connectivity index (χ4n) is 1.34. The molecule has 0 saturated heterocycles. The minimum Gasteiger partial charge on any atom is -0.392 e. The first-order chi connectivity index (χ1) is 8.34. The summed E-state index contributed by atoms with van der Waals surface area (Å²) < 4.78 is 25.3. The van der Waals surface area contributed by atoms with E-state index in [1.54, 1.807) is 25.3 Å². The molecular formula is C11H17N3O2S2. The second-order valence-corrected chi connectivity index (χ2v) is 6.60. The molecule has 100 valence electrons. The smallest absolute Gasteiger partial charge is 0.214 e. The molecule has 1 unspecified atom stereocenters. The lowest BCUT2D eigenvalue weighted by molar-refractivity contribution is 0.451. The Kier molecular flexibility index (Phi) is 5.18. The molecule has 1 heterocycles. The maximum Gasteiger partial charge on any atom is 0.214 e. The molecule has 1 aromatic heterocycles. The second kappa shape index (κ2) is 6.21. The molecular weight excluding hydrogens is 270 g/mol. The van der Waals surface area contributed by atoms with Crippen LogP contribution in [-0.2, 0) is 16.4 Å². The first-order valence-corrected chi connectivity index (χ1v) is 7.51. The lowest BCUT2D eigenvalue weighted by Gasteiger charge is -2.23. The van der Waals surface area contributed by atoms with E-state index < -0.39 is 16.1 Å². The van der Waals surface area contributed by atoms with Crippen molar-refractivity contribution in [2.24, 2.45) is 5.73 Å². The van der Waals surface area contributed by atoms with Gasteiger partial charge >= 0.3 is 0 Å². The number of rotatable bonds is 6. The van der Waals surface area contributed by atoms with Gasteiger partial charge in [-0.15, -0.1) is 0 Å². The second-order valence-electron chi connectivity index (χ2n) is 3.98. The fourth-order valence-corrected chi connectivity index (χ4v) is 2.92. The van der Waals surface area contributed by atoms with Crippen molar-refractivity contribution < 1.29 is 8.42 Å². The molecule has 0 bridgehead atoms. The third kappa shape index (κ3) is 4.01. The lowest BCUT2D eigenvalue weighted by atomic mass is 10.3. The highest BCUT2D eigenvalue weighted by Gasteiger charge is 2.24. The highest BCUT2D eigenvalue weighted by molar-refractivity contribution is 7.89. The number of pyridine rings is 1. The highest BCUT2D eigenvalue weighted by atomic mass is 32.2. The van der Waals surface area contributed by atoms with Gasteiger partial charge in [0.05, 0.1) is 16.8 Å². The Morgan fingerprint density at radius 2 is 2.22 bits per heavy atom. The number of aromatic nitrogens is 1. The van der Waals surface area contributed by atoms with Crippen molar-refractivity contribution in [1.82, 2.24) is 9.29 Å². The fraction of sp³-hybridized carbons (Fsp3) is 0.455. The van der Waals surface area contributed by atoms with E-state index in [2.05, 4.69) is 4.98 Å². The van der Waals surface area contributed by atoms with Crippen LogP contribution in [0.25, 0.3) is 0 Å². The summed E-state index contributed by atoms with van der Waals surface area (Å²) in [5, 5.41) is 0. The van der Waals surface area contributed by atoms with Gasteiger partial charge < -0.3 is 5.73 Å². The summed E-state index contributed by atoms with van der Waals surface area (Å²) in [6.07, 6.45) is 2.01. The average molecular weight is 287 g/mol. The molecule has 0 amide bonds. The summed E-state index contributed by atoms with van der Waals surface area (Å²) in [5.41, 5.74) is 6.20. The Labute approximate surface area is 113 Å². The molecule has 0 aromatic carbocycles. The van der Waals surface area contributed by atoms with E-state index in [0.29, 0.717) is 6.42 Å². The van der Waals surface area contributed by atoms with E-state index in [0.717, 1.165) is 5.69 Å². The molecule has 0 aliphatic carbocycles. The molecule has 2 N–H and O–H groups in total. The summed E-state index contributed by atoms with van der Waals surface area (Å²) in [4.78, 5) is 4.25.